The molecule has 0 aliphatic heterocycles. The van der Waals surface area contributed by atoms with Crippen LogP contribution in [0.1, 0.15) is 25.8 Å². The second-order valence-corrected chi connectivity index (χ2v) is 4.01. The lowest BCUT2D eigenvalue weighted by molar-refractivity contribution is -0.123. The van der Waals surface area contributed by atoms with Crippen molar-refractivity contribution in [3.05, 3.63) is 29.8 Å². The lowest BCUT2D eigenvalue weighted by Crippen LogP contribution is -2.35. The molecule has 0 aliphatic carbocycles. The van der Waals surface area contributed by atoms with E-state index in [2.05, 4.69) is 5.32 Å². The van der Waals surface area contributed by atoms with Gasteiger partial charge in [-0.15, -0.1) is 0 Å². The van der Waals surface area contributed by atoms with Crippen molar-refractivity contribution in [2.24, 2.45) is 5.73 Å². The summed E-state index contributed by atoms with van der Waals surface area (Å²) in [4.78, 5) is 11.5. The maximum absolute atomic E-state index is 11.5. The van der Waals surface area contributed by atoms with Crippen LogP contribution in [0.5, 0.6) is 5.75 Å². The highest BCUT2D eigenvalue weighted by molar-refractivity contribution is 5.77. The Labute approximate surface area is 102 Å². The van der Waals surface area contributed by atoms with Crippen LogP contribution < -0.4 is 15.8 Å². The third-order valence-electron chi connectivity index (χ3n) is 2.55. The van der Waals surface area contributed by atoms with Crippen LogP contribution >= 0.6 is 0 Å². The molecule has 4 heteroatoms. The molecule has 1 amide bonds. The van der Waals surface area contributed by atoms with E-state index in [0.717, 1.165) is 12.0 Å². The fraction of sp³-hybridized carbons (Fsp3) is 0.462. The summed E-state index contributed by atoms with van der Waals surface area (Å²) in [5, 5.41) is 2.84. The third-order valence-corrected chi connectivity index (χ3v) is 2.55. The summed E-state index contributed by atoms with van der Waals surface area (Å²) >= 11 is 0. The van der Waals surface area contributed by atoms with Crippen molar-refractivity contribution in [3.8, 4) is 5.75 Å². The molecule has 1 rings (SSSR count). The van der Waals surface area contributed by atoms with Crippen LogP contribution in [0.3, 0.4) is 0 Å². The molecule has 94 valence electrons. The van der Waals surface area contributed by atoms with Gasteiger partial charge >= 0.3 is 0 Å². The number of hydrogen-bond acceptors (Lipinski definition) is 3. The smallest absolute Gasteiger partial charge is 0.258 e. The minimum atomic E-state index is -0.0951. The lowest BCUT2D eigenvalue weighted by Gasteiger charge is -2.12. The zero-order valence-electron chi connectivity index (χ0n) is 10.4. The molecule has 0 bridgehead atoms. The monoisotopic (exact) mass is 236 g/mol. The van der Waals surface area contributed by atoms with Crippen molar-refractivity contribution in [3.63, 3.8) is 0 Å². The van der Waals surface area contributed by atoms with Gasteiger partial charge in [-0.25, -0.2) is 0 Å². The number of benzene rings is 1. The number of nitrogens with one attached hydrogen (secondary N) is 1. The molecule has 1 aromatic carbocycles. The minimum absolute atomic E-state index is 0.0479. The average molecular weight is 236 g/mol. The van der Waals surface area contributed by atoms with Crippen LogP contribution in [-0.2, 0) is 11.3 Å². The van der Waals surface area contributed by atoms with Gasteiger partial charge in [-0.1, -0.05) is 19.1 Å². The molecule has 0 fully saturated rings. The van der Waals surface area contributed by atoms with Gasteiger partial charge in [0.05, 0.1) is 0 Å². The molecular formula is C13H20N2O2. The van der Waals surface area contributed by atoms with Crippen molar-refractivity contribution in [1.29, 1.82) is 0 Å². The highest BCUT2D eigenvalue weighted by Crippen LogP contribution is 2.11. The summed E-state index contributed by atoms with van der Waals surface area (Å²) in [6.45, 7) is 4.55. The molecule has 0 saturated carbocycles. The van der Waals surface area contributed by atoms with Crippen LogP contribution in [0.15, 0.2) is 24.3 Å². The van der Waals surface area contributed by atoms with Gasteiger partial charge < -0.3 is 15.8 Å². The van der Waals surface area contributed by atoms with E-state index in [1.807, 2.05) is 38.1 Å². The number of rotatable bonds is 6. The fourth-order valence-electron chi connectivity index (χ4n) is 1.29. The van der Waals surface area contributed by atoms with E-state index in [4.69, 9.17) is 10.5 Å². The number of amides is 1. The van der Waals surface area contributed by atoms with Crippen molar-refractivity contribution >= 4 is 5.91 Å². The van der Waals surface area contributed by atoms with Crippen LogP contribution in [-0.4, -0.2) is 18.6 Å². The highest BCUT2D eigenvalue weighted by Gasteiger charge is 2.05. The molecule has 0 saturated heterocycles. The quantitative estimate of drug-likeness (QED) is 0.785. The van der Waals surface area contributed by atoms with Gasteiger partial charge in [-0.05, 0) is 31.0 Å². The largest absolute Gasteiger partial charge is 0.484 e. The maximum Gasteiger partial charge on any atom is 0.258 e. The van der Waals surface area contributed by atoms with E-state index in [9.17, 15) is 4.79 Å². The molecule has 0 heterocycles. The summed E-state index contributed by atoms with van der Waals surface area (Å²) in [5.41, 5.74) is 6.53. The number of carbonyl (C=O) groups is 1. The minimum Gasteiger partial charge on any atom is -0.484 e. The Kier molecular flexibility index (Phi) is 5.49. The zero-order chi connectivity index (χ0) is 12.7. The van der Waals surface area contributed by atoms with E-state index in [0.29, 0.717) is 12.3 Å². The average Bonchev–Trinajstić information content (AvgIpc) is 2.36. The van der Waals surface area contributed by atoms with E-state index < -0.39 is 0 Å². The maximum atomic E-state index is 11.5. The summed E-state index contributed by atoms with van der Waals surface area (Å²) in [6.07, 6.45) is 0.914. The Balaban J connectivity index is 2.36. The van der Waals surface area contributed by atoms with Crippen LogP contribution in [0, 0.1) is 0 Å². The number of hydrogen-bond donors (Lipinski definition) is 2. The van der Waals surface area contributed by atoms with Gasteiger partial charge in [0.1, 0.15) is 5.75 Å². The Hall–Kier alpha value is -1.55. The molecular weight excluding hydrogens is 216 g/mol. The second kappa shape index (κ2) is 6.91. The number of ether oxygens (including phenoxy) is 1. The second-order valence-electron chi connectivity index (χ2n) is 4.01. The predicted molar refractivity (Wildman–Crippen MR) is 67.7 cm³/mol. The van der Waals surface area contributed by atoms with E-state index in [1.54, 1.807) is 0 Å². The number of carbonyl (C=O) groups excluding carboxylic acids is 1. The molecule has 0 aromatic heterocycles. The summed E-state index contributed by atoms with van der Waals surface area (Å²) in [5.74, 6) is 0.587. The first-order valence-electron chi connectivity index (χ1n) is 5.87. The molecule has 3 N–H and O–H groups in total. The van der Waals surface area contributed by atoms with E-state index in [-0.39, 0.29) is 18.6 Å². The topological polar surface area (TPSA) is 64.3 Å². The van der Waals surface area contributed by atoms with Crippen LogP contribution in [0.2, 0.25) is 0 Å². The first-order chi connectivity index (χ1) is 8.15. The molecule has 0 spiro atoms. The standard InChI is InChI=1S/C13H20N2O2/c1-3-10(2)15-13(16)9-17-12-6-4-11(8-14)5-7-12/h4-7,10H,3,8-9,14H2,1-2H3,(H,15,16). The zero-order valence-corrected chi connectivity index (χ0v) is 10.4. The number of nitrogens with two attached hydrogens (primary N) is 1. The van der Waals surface area contributed by atoms with Gasteiger partial charge in [0.25, 0.3) is 5.91 Å². The van der Waals surface area contributed by atoms with E-state index in [1.165, 1.54) is 0 Å². The molecule has 4 nitrogen and oxygen atoms in total. The van der Waals surface area contributed by atoms with Crippen molar-refractivity contribution in [2.75, 3.05) is 6.61 Å². The molecule has 1 atom stereocenters. The van der Waals surface area contributed by atoms with Gasteiger partial charge in [-0.2, -0.15) is 0 Å². The van der Waals surface area contributed by atoms with Crippen molar-refractivity contribution in [2.45, 2.75) is 32.9 Å². The lowest BCUT2D eigenvalue weighted by atomic mass is 10.2. The Morgan fingerprint density at radius 2 is 2.06 bits per heavy atom. The van der Waals surface area contributed by atoms with E-state index >= 15 is 0 Å². The molecule has 17 heavy (non-hydrogen) atoms. The molecule has 1 unspecified atom stereocenters. The van der Waals surface area contributed by atoms with Crippen molar-refractivity contribution in [1.82, 2.24) is 5.32 Å². The Morgan fingerprint density at radius 1 is 1.41 bits per heavy atom. The summed E-state index contributed by atoms with van der Waals surface area (Å²) < 4.78 is 5.36. The SMILES string of the molecule is CCC(C)NC(=O)COc1ccc(CN)cc1. The molecule has 1 aromatic rings. The summed E-state index contributed by atoms with van der Waals surface area (Å²) in [7, 11) is 0. The third kappa shape index (κ3) is 4.87. The van der Waals surface area contributed by atoms with Gasteiger partial charge in [0, 0.05) is 12.6 Å². The van der Waals surface area contributed by atoms with Crippen LogP contribution in [0.4, 0.5) is 0 Å². The predicted octanol–water partition coefficient (Wildman–Crippen LogP) is 1.44. The van der Waals surface area contributed by atoms with Crippen LogP contribution in [0.25, 0.3) is 0 Å². The molecule has 0 aliphatic rings. The normalized spacial score (nSPS) is 11.9. The Bertz CT molecular complexity index is 349. The Morgan fingerprint density at radius 3 is 2.59 bits per heavy atom. The van der Waals surface area contributed by atoms with Gasteiger partial charge in [-0.3, -0.25) is 4.79 Å². The fourth-order valence-corrected chi connectivity index (χ4v) is 1.29. The highest BCUT2D eigenvalue weighted by atomic mass is 16.5. The first-order valence-corrected chi connectivity index (χ1v) is 5.87. The summed E-state index contributed by atoms with van der Waals surface area (Å²) in [6, 6.07) is 7.60. The van der Waals surface area contributed by atoms with Crippen molar-refractivity contribution < 1.29 is 9.53 Å². The van der Waals surface area contributed by atoms with Gasteiger partial charge in [0.2, 0.25) is 0 Å². The first kappa shape index (κ1) is 13.5. The van der Waals surface area contributed by atoms with Gasteiger partial charge in [0.15, 0.2) is 6.61 Å². The molecule has 0 radical (unpaired) electrons.